The van der Waals surface area contributed by atoms with E-state index in [0.717, 1.165) is 19.3 Å². The first-order valence-corrected chi connectivity index (χ1v) is 15.3. The number of carbonyl (C=O) groups excluding carboxylic acids is 6. The van der Waals surface area contributed by atoms with Crippen molar-refractivity contribution >= 4 is 58.7 Å². The van der Waals surface area contributed by atoms with Gasteiger partial charge in [-0.3, -0.25) is 24.0 Å². The summed E-state index contributed by atoms with van der Waals surface area (Å²) in [7, 11) is 0. The Balaban J connectivity index is 1.81. The number of amides is 5. The third kappa shape index (κ3) is 8.00. The van der Waals surface area contributed by atoms with Crippen LogP contribution in [0.25, 0.3) is 0 Å². The molecule has 0 aromatic rings. The van der Waals surface area contributed by atoms with Gasteiger partial charge in [0.2, 0.25) is 17.6 Å². The van der Waals surface area contributed by atoms with E-state index in [1.807, 2.05) is 20.8 Å². The third-order valence-electron chi connectivity index (χ3n) is 8.79. The van der Waals surface area contributed by atoms with Gasteiger partial charge in [0.1, 0.15) is 23.0 Å². The number of esters is 1. The SMILES string of the molecule is C/C=C(\C)[C@H](NC(=O)NC(COC(C)=O)C(C)(C)C)C(=O)N1C[C@H]2[C@@H]([C@H]1C(=O)NC(CC1CCC1)C(=O)C(N)=O)C2(Cl)Cl. The molecule has 240 valence electrons. The molecule has 43 heavy (non-hydrogen) atoms. The molecule has 1 aliphatic heterocycles. The third-order valence-corrected chi connectivity index (χ3v) is 9.86. The Morgan fingerprint density at radius 1 is 1.07 bits per heavy atom. The van der Waals surface area contributed by atoms with Crippen molar-refractivity contribution in [1.29, 1.82) is 0 Å². The van der Waals surface area contributed by atoms with E-state index < -0.39 is 81.3 Å². The van der Waals surface area contributed by atoms with Crippen molar-refractivity contribution in [3.63, 3.8) is 0 Å². The van der Waals surface area contributed by atoms with Crippen molar-refractivity contribution in [2.24, 2.45) is 28.9 Å². The normalized spacial score (nSPS) is 24.9. The molecular weight excluding hydrogens is 601 g/mol. The van der Waals surface area contributed by atoms with Crippen LogP contribution in [0.2, 0.25) is 0 Å². The van der Waals surface area contributed by atoms with Crippen molar-refractivity contribution in [3.8, 4) is 0 Å². The molecule has 0 aromatic heterocycles. The number of carbonyl (C=O) groups is 6. The minimum absolute atomic E-state index is 0.0551. The average Bonchev–Trinajstić information content (AvgIpc) is 3.21. The molecule has 0 spiro atoms. The second kappa shape index (κ2) is 13.4. The number of nitrogens with two attached hydrogens (primary N) is 1. The summed E-state index contributed by atoms with van der Waals surface area (Å²) in [4.78, 5) is 77.9. The molecule has 3 rings (SSSR count). The van der Waals surface area contributed by atoms with Crippen LogP contribution in [-0.2, 0) is 28.7 Å². The number of rotatable bonds is 12. The van der Waals surface area contributed by atoms with Gasteiger partial charge in [0.15, 0.2) is 0 Å². The number of fused-ring (bicyclic) bond motifs is 1. The standard InChI is InChI=1S/C29H43Cl2N5O7/c1-7-14(2)21(35-27(42)34-19(28(4,5)6)13-43-15(3)37)26(41)36-12-17-20(29(17,30)31)22(36)25(40)33-18(23(38)24(32)39)11-16-9-8-10-16/h7,16-22H,8-13H2,1-6H3,(H2,32,39)(H,33,40)(H2,34,35,42)/b14-7+/t17-,18?,19?,20-,21-,22-/m0/s1. The highest BCUT2D eigenvalue weighted by Gasteiger charge is 2.74. The maximum absolute atomic E-state index is 14.0. The second-order valence-corrected chi connectivity index (χ2v) is 14.3. The number of alkyl halides is 2. The summed E-state index contributed by atoms with van der Waals surface area (Å²) in [5.74, 6) is -4.62. The number of halogens is 2. The Morgan fingerprint density at radius 2 is 1.70 bits per heavy atom. The highest BCUT2D eigenvalue weighted by molar-refractivity contribution is 6.51. The monoisotopic (exact) mass is 643 g/mol. The molecule has 5 amide bonds. The lowest BCUT2D eigenvalue weighted by Crippen LogP contribution is -2.60. The van der Waals surface area contributed by atoms with Gasteiger partial charge >= 0.3 is 12.0 Å². The van der Waals surface area contributed by atoms with Gasteiger partial charge in [-0.05, 0) is 37.2 Å². The number of nitrogens with one attached hydrogen (secondary N) is 3. The molecule has 2 aliphatic carbocycles. The molecule has 5 N–H and O–H groups in total. The van der Waals surface area contributed by atoms with E-state index in [1.54, 1.807) is 19.9 Å². The largest absolute Gasteiger partial charge is 0.464 e. The molecule has 0 aromatic carbocycles. The predicted octanol–water partition coefficient (Wildman–Crippen LogP) is 1.96. The van der Waals surface area contributed by atoms with E-state index >= 15 is 0 Å². The van der Waals surface area contributed by atoms with Crippen LogP contribution in [0.3, 0.4) is 0 Å². The summed E-state index contributed by atoms with van der Waals surface area (Å²) in [6.45, 7) is 10.2. The van der Waals surface area contributed by atoms with Gasteiger partial charge in [0.25, 0.3) is 5.91 Å². The van der Waals surface area contributed by atoms with Gasteiger partial charge in [-0.1, -0.05) is 46.1 Å². The Kier molecular flexibility index (Phi) is 10.8. The molecular formula is C29H43Cl2N5O7. The van der Waals surface area contributed by atoms with Gasteiger partial charge in [-0.15, -0.1) is 23.2 Å². The number of hydrogen-bond acceptors (Lipinski definition) is 7. The zero-order chi connectivity index (χ0) is 32.4. The lowest BCUT2D eigenvalue weighted by Gasteiger charge is -2.35. The predicted molar refractivity (Wildman–Crippen MR) is 160 cm³/mol. The topological polar surface area (TPSA) is 177 Å². The fraction of sp³-hybridized carbons (Fsp3) is 0.724. The fourth-order valence-corrected chi connectivity index (χ4v) is 6.42. The number of hydrogen-bond donors (Lipinski definition) is 4. The number of Topliss-reactive ketones (excluding diaryl/α,β-unsaturated/α-hetero) is 1. The van der Waals surface area contributed by atoms with Crippen LogP contribution in [0.15, 0.2) is 11.6 Å². The quantitative estimate of drug-likeness (QED) is 0.109. The molecule has 2 saturated carbocycles. The lowest BCUT2D eigenvalue weighted by molar-refractivity contribution is -0.142. The van der Waals surface area contributed by atoms with Crippen molar-refractivity contribution < 1.29 is 33.5 Å². The van der Waals surface area contributed by atoms with Crippen molar-refractivity contribution in [2.75, 3.05) is 13.2 Å². The number of piperidine rings is 1. The van der Waals surface area contributed by atoms with Crippen LogP contribution in [-0.4, -0.2) is 82.1 Å². The number of likely N-dealkylation sites (tertiary alicyclic amines) is 1. The van der Waals surface area contributed by atoms with Crippen molar-refractivity contribution in [3.05, 3.63) is 11.6 Å². The Hall–Kier alpha value is -2.86. The highest BCUT2D eigenvalue weighted by Crippen LogP contribution is 2.65. The van der Waals surface area contributed by atoms with Crippen LogP contribution >= 0.6 is 23.2 Å². The molecule has 1 heterocycles. The molecule has 12 nitrogen and oxygen atoms in total. The second-order valence-electron chi connectivity index (χ2n) is 12.9. The van der Waals surface area contributed by atoms with Crippen LogP contribution in [0.1, 0.15) is 67.2 Å². The van der Waals surface area contributed by atoms with Crippen LogP contribution in [0, 0.1) is 23.2 Å². The van der Waals surface area contributed by atoms with Gasteiger partial charge in [0.05, 0.1) is 12.1 Å². The number of urea groups is 1. The van der Waals surface area contributed by atoms with Gasteiger partial charge in [-0.2, -0.15) is 0 Å². The summed E-state index contributed by atoms with van der Waals surface area (Å²) < 4.78 is 3.87. The Bertz CT molecular complexity index is 1180. The Morgan fingerprint density at radius 3 is 2.19 bits per heavy atom. The fourth-order valence-electron chi connectivity index (χ4n) is 5.60. The number of allylic oxidation sites excluding steroid dienone is 1. The zero-order valence-electron chi connectivity index (χ0n) is 25.5. The van der Waals surface area contributed by atoms with E-state index in [1.165, 1.54) is 11.8 Å². The number of primary amides is 1. The molecule has 3 aliphatic rings. The molecule has 0 radical (unpaired) electrons. The maximum Gasteiger partial charge on any atom is 0.316 e. The van der Waals surface area contributed by atoms with Crippen molar-refractivity contribution in [2.45, 2.75) is 95.7 Å². The van der Waals surface area contributed by atoms with Crippen LogP contribution in [0.4, 0.5) is 4.79 Å². The summed E-state index contributed by atoms with van der Waals surface area (Å²) in [5, 5.41) is 8.13. The summed E-state index contributed by atoms with van der Waals surface area (Å²) in [6, 6.07) is -4.66. The molecule has 0 bridgehead atoms. The molecule has 14 heteroatoms. The van der Waals surface area contributed by atoms with Gasteiger partial charge in [0, 0.05) is 25.3 Å². The number of ether oxygens (including phenoxy) is 1. The zero-order valence-corrected chi connectivity index (χ0v) is 27.0. The minimum atomic E-state index is -1.25. The summed E-state index contributed by atoms with van der Waals surface area (Å²) in [5.41, 5.74) is 5.29. The van der Waals surface area contributed by atoms with E-state index in [4.69, 9.17) is 33.7 Å². The van der Waals surface area contributed by atoms with Crippen LogP contribution in [0.5, 0.6) is 0 Å². The first-order valence-electron chi connectivity index (χ1n) is 14.6. The minimum Gasteiger partial charge on any atom is -0.464 e. The first-order chi connectivity index (χ1) is 19.9. The van der Waals surface area contributed by atoms with Crippen molar-refractivity contribution in [1.82, 2.24) is 20.9 Å². The maximum atomic E-state index is 14.0. The van der Waals surface area contributed by atoms with Gasteiger partial charge < -0.3 is 31.3 Å². The number of nitrogens with zero attached hydrogens (tertiary/aromatic N) is 1. The Labute approximate surface area is 262 Å². The number of ketones is 1. The van der Waals surface area contributed by atoms with Crippen LogP contribution < -0.4 is 21.7 Å². The van der Waals surface area contributed by atoms with E-state index in [0.29, 0.717) is 5.57 Å². The smallest absolute Gasteiger partial charge is 0.316 e. The average molecular weight is 645 g/mol. The summed E-state index contributed by atoms with van der Waals surface area (Å²) >= 11 is 12.9. The highest BCUT2D eigenvalue weighted by atomic mass is 35.5. The summed E-state index contributed by atoms with van der Waals surface area (Å²) in [6.07, 6.45) is 4.68. The molecule has 2 unspecified atom stereocenters. The molecule has 1 saturated heterocycles. The van der Waals surface area contributed by atoms with Gasteiger partial charge in [-0.25, -0.2) is 4.79 Å². The first kappa shape index (κ1) is 34.6. The molecule has 3 fully saturated rings. The van der Waals surface area contributed by atoms with E-state index in [2.05, 4.69) is 16.0 Å². The lowest BCUT2D eigenvalue weighted by atomic mass is 9.80. The van der Waals surface area contributed by atoms with E-state index in [-0.39, 0.29) is 25.5 Å². The molecule has 6 atom stereocenters. The van der Waals surface area contributed by atoms with E-state index in [9.17, 15) is 28.8 Å².